The van der Waals surface area contributed by atoms with Crippen LogP contribution in [-0.4, -0.2) is 61.5 Å². The molecule has 0 saturated carbocycles. The Morgan fingerprint density at radius 1 is 1.15 bits per heavy atom. The van der Waals surface area contributed by atoms with E-state index < -0.39 is 10.1 Å². The zero-order valence-corrected chi connectivity index (χ0v) is 8.73. The van der Waals surface area contributed by atoms with E-state index in [9.17, 15) is 8.42 Å². The molecule has 0 aromatic heterocycles. The number of hydrogen-bond acceptors (Lipinski definition) is 3. The van der Waals surface area contributed by atoms with Crippen LogP contribution in [0.1, 0.15) is 27.2 Å². The van der Waals surface area contributed by atoms with E-state index in [2.05, 4.69) is 0 Å². The molecule has 0 aliphatic rings. The molecule has 1 N–H and O–H groups in total. The van der Waals surface area contributed by atoms with Crippen LogP contribution in [0.4, 0.5) is 0 Å². The van der Waals surface area contributed by atoms with Crippen molar-refractivity contribution >= 4 is 39.7 Å². The first-order valence-corrected chi connectivity index (χ1v) is 5.61. The third-order valence-electron chi connectivity index (χ3n) is 0.870. The standard InChI is InChI=1S/C4H10O.C3H8O3S.Na.H/c1-3-5-4-2;1-2-3-7(4,5)6;;/h3-4H2,1-2H3;2-3H2,1H3,(H,4,5,6);;. The third kappa shape index (κ3) is 32.2. The van der Waals surface area contributed by atoms with Gasteiger partial charge >= 0.3 is 29.6 Å². The van der Waals surface area contributed by atoms with E-state index >= 15 is 0 Å². The summed E-state index contributed by atoms with van der Waals surface area (Å²) < 4.78 is 32.4. The van der Waals surface area contributed by atoms with Crippen LogP contribution in [0, 0.1) is 0 Å². The fourth-order valence-electron chi connectivity index (χ4n) is 0.462. The Morgan fingerprint density at radius 3 is 1.54 bits per heavy atom. The van der Waals surface area contributed by atoms with E-state index in [4.69, 9.17) is 9.29 Å². The van der Waals surface area contributed by atoms with Crippen LogP contribution in [0.15, 0.2) is 0 Å². The summed E-state index contributed by atoms with van der Waals surface area (Å²) in [4.78, 5) is 0. The monoisotopic (exact) mass is 222 g/mol. The summed E-state index contributed by atoms with van der Waals surface area (Å²) in [5.41, 5.74) is 0. The summed E-state index contributed by atoms with van der Waals surface area (Å²) in [5.74, 6) is -0.132. The summed E-state index contributed by atoms with van der Waals surface area (Å²) in [6.45, 7) is 7.35. The van der Waals surface area contributed by atoms with E-state index in [0.29, 0.717) is 6.42 Å². The van der Waals surface area contributed by atoms with Crippen LogP contribution in [0.5, 0.6) is 0 Å². The molecule has 0 unspecified atom stereocenters. The molecule has 0 aliphatic carbocycles. The molecule has 0 atom stereocenters. The van der Waals surface area contributed by atoms with Gasteiger partial charge in [0.05, 0.1) is 5.75 Å². The van der Waals surface area contributed by atoms with Gasteiger partial charge in [-0.3, -0.25) is 4.55 Å². The van der Waals surface area contributed by atoms with E-state index in [-0.39, 0.29) is 35.3 Å². The van der Waals surface area contributed by atoms with Crippen molar-refractivity contribution < 1.29 is 17.7 Å². The zero-order valence-electron chi connectivity index (χ0n) is 7.91. The molecule has 0 fully saturated rings. The Balaban J connectivity index is -0.000000150. The van der Waals surface area contributed by atoms with E-state index in [1.807, 2.05) is 13.8 Å². The van der Waals surface area contributed by atoms with Crippen LogP contribution >= 0.6 is 0 Å². The first kappa shape index (κ1) is 19.4. The van der Waals surface area contributed by atoms with Gasteiger partial charge in [-0.2, -0.15) is 8.42 Å². The molecule has 0 bridgehead atoms. The van der Waals surface area contributed by atoms with Gasteiger partial charge in [0, 0.05) is 13.2 Å². The molecular formula is C7H19NaO4S. The molecule has 6 heteroatoms. The summed E-state index contributed by atoms with van der Waals surface area (Å²) in [6.07, 6.45) is 0.471. The second-order valence-electron chi connectivity index (χ2n) is 2.07. The fourth-order valence-corrected chi connectivity index (χ4v) is 0.978. The van der Waals surface area contributed by atoms with Crippen molar-refractivity contribution in [2.45, 2.75) is 27.2 Å². The molecular weight excluding hydrogens is 203 g/mol. The Hall–Kier alpha value is 0.870. The molecule has 0 spiro atoms. The Kier molecular flexibility index (Phi) is 19.2. The van der Waals surface area contributed by atoms with E-state index in [1.54, 1.807) is 6.92 Å². The van der Waals surface area contributed by atoms with Crippen molar-refractivity contribution in [1.29, 1.82) is 0 Å². The zero-order chi connectivity index (χ0) is 10.0. The summed E-state index contributed by atoms with van der Waals surface area (Å²) >= 11 is 0. The molecule has 0 aromatic rings. The van der Waals surface area contributed by atoms with Gasteiger partial charge in [-0.25, -0.2) is 0 Å². The van der Waals surface area contributed by atoms with Crippen molar-refractivity contribution in [3.05, 3.63) is 0 Å². The summed E-state index contributed by atoms with van der Waals surface area (Å²) in [6, 6.07) is 0. The summed E-state index contributed by atoms with van der Waals surface area (Å²) in [7, 11) is -3.67. The number of rotatable bonds is 4. The first-order chi connectivity index (χ1) is 5.47. The Morgan fingerprint density at radius 2 is 1.54 bits per heavy atom. The average molecular weight is 222 g/mol. The molecule has 13 heavy (non-hydrogen) atoms. The first-order valence-electron chi connectivity index (χ1n) is 4.00. The van der Waals surface area contributed by atoms with Gasteiger partial charge < -0.3 is 4.74 Å². The van der Waals surface area contributed by atoms with Crippen molar-refractivity contribution in [3.8, 4) is 0 Å². The van der Waals surface area contributed by atoms with Crippen LogP contribution in [0.2, 0.25) is 0 Å². The van der Waals surface area contributed by atoms with Gasteiger partial charge in [-0.1, -0.05) is 6.92 Å². The van der Waals surface area contributed by atoms with Gasteiger partial charge in [-0.15, -0.1) is 0 Å². The minimum atomic E-state index is -3.67. The van der Waals surface area contributed by atoms with Crippen molar-refractivity contribution in [2.24, 2.45) is 0 Å². The second-order valence-corrected chi connectivity index (χ2v) is 3.64. The Bertz CT molecular complexity index is 165. The predicted molar refractivity (Wildman–Crippen MR) is 56.0 cm³/mol. The molecule has 0 radical (unpaired) electrons. The molecule has 0 aliphatic heterocycles. The fraction of sp³-hybridized carbons (Fsp3) is 1.00. The minimum absolute atomic E-state index is 0. The molecule has 0 aromatic carbocycles. The molecule has 0 rings (SSSR count). The van der Waals surface area contributed by atoms with Gasteiger partial charge in [0.25, 0.3) is 10.1 Å². The molecule has 0 heterocycles. The predicted octanol–water partition coefficient (Wildman–Crippen LogP) is 0.679. The number of hydrogen-bond donors (Lipinski definition) is 1. The van der Waals surface area contributed by atoms with Gasteiger partial charge in [0.15, 0.2) is 0 Å². The molecule has 4 nitrogen and oxygen atoms in total. The van der Waals surface area contributed by atoms with E-state index in [0.717, 1.165) is 13.2 Å². The van der Waals surface area contributed by atoms with Crippen molar-refractivity contribution in [1.82, 2.24) is 0 Å². The Labute approximate surface area is 103 Å². The number of ether oxygens (including phenoxy) is 1. The van der Waals surface area contributed by atoms with Gasteiger partial charge in [0.2, 0.25) is 0 Å². The molecule has 0 saturated heterocycles. The van der Waals surface area contributed by atoms with Gasteiger partial charge in [0.1, 0.15) is 0 Å². The average Bonchev–Trinajstić information content (AvgIpc) is 1.87. The molecule has 0 amide bonds. The van der Waals surface area contributed by atoms with Crippen LogP contribution in [-0.2, 0) is 14.9 Å². The maximum absolute atomic E-state index is 9.79. The normalized spacial score (nSPS) is 9.54. The maximum atomic E-state index is 9.79. The third-order valence-corrected chi connectivity index (χ3v) is 1.79. The van der Waals surface area contributed by atoms with Crippen molar-refractivity contribution in [3.63, 3.8) is 0 Å². The quantitative estimate of drug-likeness (QED) is 0.561. The van der Waals surface area contributed by atoms with Crippen LogP contribution in [0.25, 0.3) is 0 Å². The SMILES string of the molecule is CCCS(=O)(=O)O.CCOCC.[NaH]. The van der Waals surface area contributed by atoms with Crippen LogP contribution < -0.4 is 0 Å². The van der Waals surface area contributed by atoms with Gasteiger partial charge in [-0.05, 0) is 20.3 Å². The summed E-state index contributed by atoms with van der Waals surface area (Å²) in [5, 5.41) is 0. The van der Waals surface area contributed by atoms with E-state index in [1.165, 1.54) is 0 Å². The second kappa shape index (κ2) is 12.9. The van der Waals surface area contributed by atoms with Crippen LogP contribution in [0.3, 0.4) is 0 Å². The van der Waals surface area contributed by atoms with Crippen molar-refractivity contribution in [2.75, 3.05) is 19.0 Å². The molecule has 78 valence electrons. The topological polar surface area (TPSA) is 63.6 Å².